The van der Waals surface area contributed by atoms with Crippen molar-refractivity contribution < 1.29 is 38.1 Å². The molecular weight excluding hydrogens is 471 g/mol. The number of amides is 4. The zero-order valence-electron chi connectivity index (χ0n) is 18.9. The number of anilines is 1. The van der Waals surface area contributed by atoms with Crippen molar-refractivity contribution >= 4 is 35.6 Å². The molecule has 0 unspecified atom stereocenters. The molecule has 0 saturated carbocycles. The normalized spacial score (nSPS) is 14.6. The van der Waals surface area contributed by atoms with Gasteiger partial charge in [-0.2, -0.15) is 0 Å². The number of hydrogen-bond donors (Lipinski definition) is 2. The Balaban J connectivity index is 1.56. The largest absolute Gasteiger partial charge is 0.493 e. The van der Waals surface area contributed by atoms with E-state index in [0.29, 0.717) is 22.0 Å². The lowest BCUT2D eigenvalue weighted by molar-refractivity contribution is -0.122. The van der Waals surface area contributed by atoms with Crippen LogP contribution in [0.2, 0.25) is 0 Å². The molecule has 1 heterocycles. The fourth-order valence-electron chi connectivity index (χ4n) is 3.47. The molecule has 0 aliphatic carbocycles. The van der Waals surface area contributed by atoms with Crippen LogP contribution in [0, 0.1) is 5.82 Å². The number of rotatable bonds is 7. The fourth-order valence-corrected chi connectivity index (χ4v) is 3.47. The van der Waals surface area contributed by atoms with E-state index in [4.69, 9.17) is 14.6 Å². The van der Waals surface area contributed by atoms with Crippen LogP contribution in [-0.2, 0) is 16.2 Å². The third-order valence-corrected chi connectivity index (χ3v) is 5.26. The number of aromatic carboxylic acids is 1. The topological polar surface area (TPSA) is 122 Å². The van der Waals surface area contributed by atoms with Crippen LogP contribution in [0.4, 0.5) is 14.9 Å². The molecule has 4 rings (SSSR count). The highest BCUT2D eigenvalue weighted by molar-refractivity contribution is 6.39. The minimum Gasteiger partial charge on any atom is -0.493 e. The van der Waals surface area contributed by atoms with Crippen LogP contribution in [0.25, 0.3) is 6.08 Å². The van der Waals surface area contributed by atoms with Crippen molar-refractivity contribution in [1.82, 2.24) is 5.32 Å². The third-order valence-electron chi connectivity index (χ3n) is 5.26. The smallest absolute Gasteiger partial charge is 0.335 e. The predicted octanol–water partition coefficient (Wildman–Crippen LogP) is 3.78. The lowest BCUT2D eigenvalue weighted by Crippen LogP contribution is -2.54. The van der Waals surface area contributed by atoms with E-state index in [9.17, 15) is 23.6 Å². The van der Waals surface area contributed by atoms with Crippen molar-refractivity contribution in [1.29, 1.82) is 0 Å². The Hall–Kier alpha value is -4.99. The van der Waals surface area contributed by atoms with Crippen molar-refractivity contribution in [3.63, 3.8) is 0 Å². The van der Waals surface area contributed by atoms with Crippen LogP contribution >= 0.6 is 0 Å². The van der Waals surface area contributed by atoms with Crippen LogP contribution in [0.15, 0.2) is 72.3 Å². The first kappa shape index (κ1) is 24.1. The van der Waals surface area contributed by atoms with E-state index in [1.807, 2.05) is 0 Å². The van der Waals surface area contributed by atoms with Gasteiger partial charge < -0.3 is 14.6 Å². The summed E-state index contributed by atoms with van der Waals surface area (Å²) in [6.07, 6.45) is 1.29. The monoisotopic (exact) mass is 490 g/mol. The van der Waals surface area contributed by atoms with E-state index >= 15 is 0 Å². The molecule has 36 heavy (non-hydrogen) atoms. The van der Waals surface area contributed by atoms with Gasteiger partial charge in [-0.05, 0) is 59.7 Å². The summed E-state index contributed by atoms with van der Waals surface area (Å²) < 4.78 is 24.8. The number of hydrogen-bond acceptors (Lipinski definition) is 6. The number of halogens is 1. The highest BCUT2D eigenvalue weighted by Crippen LogP contribution is 2.30. The molecule has 4 amide bonds. The number of barbiturate groups is 1. The van der Waals surface area contributed by atoms with Crippen molar-refractivity contribution in [2.75, 3.05) is 12.0 Å². The molecule has 1 saturated heterocycles. The van der Waals surface area contributed by atoms with E-state index in [1.165, 1.54) is 43.5 Å². The number of benzene rings is 3. The maximum absolute atomic E-state index is 13.6. The zero-order chi connectivity index (χ0) is 25.8. The van der Waals surface area contributed by atoms with Gasteiger partial charge in [-0.25, -0.2) is 18.9 Å². The SMILES string of the molecule is COc1cc(/C=C2/C(=O)NC(=O)N(c3cccc(F)c3)C2=O)ccc1OCc1ccc(C(=O)O)cc1. The second-order valence-corrected chi connectivity index (χ2v) is 7.64. The van der Waals surface area contributed by atoms with Gasteiger partial charge in [0.15, 0.2) is 11.5 Å². The Kier molecular flexibility index (Phi) is 6.77. The standard InChI is InChI=1S/C26H19FN2O7/c1-35-22-12-16(7-10-21(22)36-14-15-5-8-17(9-6-15)25(32)33)11-20-23(30)28-26(34)29(24(20)31)19-4-2-3-18(27)13-19/h2-13H,14H2,1H3,(H,32,33)(H,28,30,34)/b20-11-. The zero-order valence-corrected chi connectivity index (χ0v) is 18.9. The van der Waals surface area contributed by atoms with E-state index in [2.05, 4.69) is 5.32 Å². The summed E-state index contributed by atoms with van der Waals surface area (Å²) in [5.41, 5.74) is 0.964. The molecule has 3 aromatic rings. The van der Waals surface area contributed by atoms with Crippen molar-refractivity contribution in [3.8, 4) is 11.5 Å². The molecule has 0 atom stereocenters. The summed E-state index contributed by atoms with van der Waals surface area (Å²) in [6.45, 7) is 0.141. The van der Waals surface area contributed by atoms with Gasteiger partial charge in [0.25, 0.3) is 11.8 Å². The Morgan fingerprint density at radius 2 is 1.78 bits per heavy atom. The molecule has 3 aromatic carbocycles. The minimum atomic E-state index is -1.03. The number of ether oxygens (including phenoxy) is 2. The first-order chi connectivity index (χ1) is 17.3. The van der Waals surface area contributed by atoms with Crippen LogP contribution in [0.1, 0.15) is 21.5 Å². The Morgan fingerprint density at radius 1 is 1.03 bits per heavy atom. The summed E-state index contributed by atoms with van der Waals surface area (Å²) in [6, 6.07) is 14.8. The van der Waals surface area contributed by atoms with Crippen molar-refractivity contribution in [2.45, 2.75) is 6.61 Å². The van der Waals surface area contributed by atoms with E-state index < -0.39 is 29.6 Å². The predicted molar refractivity (Wildman–Crippen MR) is 126 cm³/mol. The highest BCUT2D eigenvalue weighted by atomic mass is 19.1. The molecule has 2 N–H and O–H groups in total. The van der Waals surface area contributed by atoms with Crippen LogP contribution in [-0.4, -0.2) is 36.0 Å². The maximum atomic E-state index is 13.6. The number of nitrogens with one attached hydrogen (secondary N) is 1. The first-order valence-electron chi connectivity index (χ1n) is 10.6. The molecule has 0 bridgehead atoms. The summed E-state index contributed by atoms with van der Waals surface area (Å²) in [5.74, 6) is -2.78. The van der Waals surface area contributed by atoms with Crippen LogP contribution < -0.4 is 19.7 Å². The Morgan fingerprint density at radius 3 is 2.44 bits per heavy atom. The fraction of sp³-hybridized carbons (Fsp3) is 0.0769. The first-order valence-corrected chi connectivity index (χ1v) is 10.6. The second-order valence-electron chi connectivity index (χ2n) is 7.64. The lowest BCUT2D eigenvalue weighted by atomic mass is 10.1. The van der Waals surface area contributed by atoms with Gasteiger partial charge in [-0.1, -0.05) is 24.3 Å². The average molecular weight is 490 g/mol. The molecule has 9 nitrogen and oxygen atoms in total. The van der Waals surface area contributed by atoms with Crippen LogP contribution in [0.3, 0.4) is 0 Å². The molecule has 182 valence electrons. The molecular formula is C26H19FN2O7. The third kappa shape index (κ3) is 5.07. The summed E-state index contributed by atoms with van der Waals surface area (Å²) in [4.78, 5) is 49.3. The molecule has 1 fully saturated rings. The van der Waals surface area contributed by atoms with Gasteiger partial charge in [-0.3, -0.25) is 14.9 Å². The molecule has 10 heteroatoms. The number of carboxylic acid groups (broad SMARTS) is 1. The number of carboxylic acids is 1. The van der Waals surface area contributed by atoms with Gasteiger partial charge >= 0.3 is 12.0 Å². The molecule has 0 spiro atoms. The lowest BCUT2D eigenvalue weighted by Gasteiger charge is -2.26. The minimum absolute atomic E-state index is 0.0198. The number of urea groups is 1. The van der Waals surface area contributed by atoms with Gasteiger partial charge in [-0.15, -0.1) is 0 Å². The molecule has 1 aliphatic heterocycles. The van der Waals surface area contributed by atoms with Gasteiger partial charge in [0.1, 0.15) is 18.0 Å². The van der Waals surface area contributed by atoms with Gasteiger partial charge in [0, 0.05) is 0 Å². The van der Waals surface area contributed by atoms with E-state index in [0.717, 1.165) is 11.6 Å². The summed E-state index contributed by atoms with van der Waals surface area (Å²) >= 11 is 0. The number of methoxy groups -OCH3 is 1. The van der Waals surface area contributed by atoms with Crippen molar-refractivity contribution in [3.05, 3.63) is 94.8 Å². The summed E-state index contributed by atoms with van der Waals surface area (Å²) in [5, 5.41) is 11.1. The maximum Gasteiger partial charge on any atom is 0.335 e. The van der Waals surface area contributed by atoms with Crippen molar-refractivity contribution in [2.24, 2.45) is 0 Å². The number of carbonyl (C=O) groups is 4. The van der Waals surface area contributed by atoms with Gasteiger partial charge in [0.05, 0.1) is 18.4 Å². The molecule has 1 aliphatic rings. The van der Waals surface area contributed by atoms with Gasteiger partial charge in [0.2, 0.25) is 0 Å². The van der Waals surface area contributed by atoms with E-state index in [-0.39, 0.29) is 23.4 Å². The average Bonchev–Trinajstić information content (AvgIpc) is 2.85. The number of carbonyl (C=O) groups excluding carboxylic acids is 3. The molecule has 0 radical (unpaired) electrons. The Bertz CT molecular complexity index is 1400. The Labute approximate surface area is 204 Å². The van der Waals surface area contributed by atoms with E-state index in [1.54, 1.807) is 30.3 Å². The summed E-state index contributed by atoms with van der Waals surface area (Å²) in [7, 11) is 1.42. The van der Waals surface area contributed by atoms with Crippen LogP contribution in [0.5, 0.6) is 11.5 Å². The number of imide groups is 2. The number of nitrogens with zero attached hydrogens (tertiary/aromatic N) is 1. The highest BCUT2D eigenvalue weighted by Gasteiger charge is 2.37. The quantitative estimate of drug-likeness (QED) is 0.382. The second kappa shape index (κ2) is 10.1. The molecule has 0 aromatic heterocycles.